The van der Waals surface area contributed by atoms with Gasteiger partial charge in [-0.1, -0.05) is 175 Å². The fraction of sp³-hybridized carbons (Fsp3) is 0.943. The highest BCUT2D eigenvalue weighted by molar-refractivity contribution is 5.70. The van der Waals surface area contributed by atoms with E-state index < -0.39 is 11.9 Å². The van der Waals surface area contributed by atoms with Gasteiger partial charge in [-0.05, 0) is 25.7 Å². The molecule has 0 fully saturated rings. The number of hydrogen-bond donors (Lipinski definition) is 2. The Morgan fingerprint density at radius 2 is 0.564 bits per heavy atom. The summed E-state index contributed by atoms with van der Waals surface area (Å²) in [5.41, 5.74) is 0. The third-order valence-corrected chi connectivity index (χ3v) is 8.07. The first-order chi connectivity index (χ1) is 18.9. The lowest BCUT2D eigenvalue weighted by molar-refractivity contribution is -0.143. The molecule has 2 unspecified atom stereocenters. The van der Waals surface area contributed by atoms with Gasteiger partial charge in [-0.25, -0.2) is 0 Å². The minimum absolute atomic E-state index is 0.0931. The lowest BCUT2D eigenvalue weighted by Gasteiger charge is -2.11. The van der Waals surface area contributed by atoms with Crippen molar-refractivity contribution in [2.75, 3.05) is 0 Å². The zero-order valence-electron chi connectivity index (χ0n) is 27.0. The Hall–Kier alpha value is -1.06. The summed E-state index contributed by atoms with van der Waals surface area (Å²) in [6.07, 6.45) is 32.7. The van der Waals surface area contributed by atoms with Crippen LogP contribution in [-0.4, -0.2) is 22.2 Å². The molecule has 4 nitrogen and oxygen atoms in total. The molecule has 0 aromatic carbocycles. The van der Waals surface area contributed by atoms with Gasteiger partial charge in [-0.3, -0.25) is 9.59 Å². The number of unbranched alkanes of at least 4 members (excludes halogenated alkanes) is 19. The van der Waals surface area contributed by atoms with Crippen molar-refractivity contribution in [2.45, 2.75) is 201 Å². The fourth-order valence-electron chi connectivity index (χ4n) is 5.26. The molecule has 0 aliphatic carbocycles. The third kappa shape index (κ3) is 31.3. The second-order valence-electron chi connectivity index (χ2n) is 11.9. The van der Waals surface area contributed by atoms with Crippen LogP contribution in [0.5, 0.6) is 0 Å². The molecule has 2 atom stereocenters. The van der Waals surface area contributed by atoms with Crippen LogP contribution in [0, 0.1) is 11.8 Å². The molecule has 0 bridgehead atoms. The van der Waals surface area contributed by atoms with Crippen molar-refractivity contribution in [3.05, 3.63) is 0 Å². The average Bonchev–Trinajstić information content (AvgIpc) is 2.92. The molecule has 234 valence electrons. The maximum absolute atomic E-state index is 11.1. The van der Waals surface area contributed by atoms with Gasteiger partial charge in [0.15, 0.2) is 0 Å². The number of carbonyl (C=O) groups is 2. The van der Waals surface area contributed by atoms with Crippen molar-refractivity contribution < 1.29 is 19.8 Å². The Bertz CT molecular complexity index is 505. The summed E-state index contributed by atoms with van der Waals surface area (Å²) in [7, 11) is 0. The van der Waals surface area contributed by atoms with E-state index >= 15 is 0 Å². The molecule has 0 aliphatic rings. The van der Waals surface area contributed by atoms with Gasteiger partial charge >= 0.3 is 11.9 Å². The van der Waals surface area contributed by atoms with Gasteiger partial charge in [0.25, 0.3) is 0 Å². The highest BCUT2D eigenvalue weighted by Crippen LogP contribution is 2.19. The number of aliphatic carboxylic acids is 2. The molecule has 0 aliphatic heterocycles. The van der Waals surface area contributed by atoms with E-state index in [1.54, 1.807) is 0 Å². The summed E-state index contributed by atoms with van der Waals surface area (Å²) in [5.74, 6) is -1.36. The van der Waals surface area contributed by atoms with E-state index in [2.05, 4.69) is 27.7 Å². The van der Waals surface area contributed by atoms with Gasteiger partial charge in [0, 0.05) is 0 Å². The summed E-state index contributed by atoms with van der Waals surface area (Å²) in [5, 5.41) is 18.3. The Labute approximate surface area is 244 Å². The molecule has 0 aromatic rings. The molecule has 0 rings (SSSR count). The number of rotatable bonds is 29. The lowest BCUT2D eigenvalue weighted by Crippen LogP contribution is -2.13. The van der Waals surface area contributed by atoms with E-state index in [9.17, 15) is 9.59 Å². The molecule has 0 amide bonds. The topological polar surface area (TPSA) is 74.6 Å². The second kappa shape index (κ2) is 33.1. The van der Waals surface area contributed by atoms with Crippen molar-refractivity contribution in [3.8, 4) is 0 Å². The molecule has 39 heavy (non-hydrogen) atoms. The van der Waals surface area contributed by atoms with Crippen LogP contribution in [0.3, 0.4) is 0 Å². The first kappa shape index (κ1) is 40.1. The maximum Gasteiger partial charge on any atom is 0.306 e. The van der Waals surface area contributed by atoms with Gasteiger partial charge < -0.3 is 10.2 Å². The second-order valence-corrected chi connectivity index (χ2v) is 11.9. The molecular formula is C35H70O4. The standard InChI is InChI=1S/C18H36O2.C17H34O2/c1-3-5-7-8-9-10-11-12-13-14-16-17(18(19)20)15-6-4-2;1-3-5-7-8-9-10-11-12-13-15-16(17(18)19)14-6-4-2/h17H,3-16H2,1-2H3,(H,19,20);16H,3-15H2,1-2H3,(H,18,19). The molecule has 4 heteroatoms. The zero-order valence-corrected chi connectivity index (χ0v) is 27.0. The monoisotopic (exact) mass is 555 g/mol. The summed E-state index contributed by atoms with van der Waals surface area (Å²) >= 11 is 0. The Morgan fingerprint density at radius 3 is 0.795 bits per heavy atom. The number of carboxylic acids is 2. The Morgan fingerprint density at radius 1 is 0.359 bits per heavy atom. The van der Waals surface area contributed by atoms with Crippen LogP contribution in [-0.2, 0) is 9.59 Å². The summed E-state index contributed by atoms with van der Waals surface area (Å²) in [6.45, 7) is 8.75. The van der Waals surface area contributed by atoms with Crippen LogP contribution < -0.4 is 0 Å². The van der Waals surface area contributed by atoms with Crippen molar-refractivity contribution in [2.24, 2.45) is 11.8 Å². The van der Waals surface area contributed by atoms with Crippen LogP contribution in [0.25, 0.3) is 0 Å². The quantitative estimate of drug-likeness (QED) is 0.0901. The molecule has 0 saturated heterocycles. The van der Waals surface area contributed by atoms with Gasteiger partial charge in [0.2, 0.25) is 0 Å². The fourth-order valence-corrected chi connectivity index (χ4v) is 5.26. The van der Waals surface area contributed by atoms with Crippen LogP contribution in [0.2, 0.25) is 0 Å². The van der Waals surface area contributed by atoms with Gasteiger partial charge in [0.1, 0.15) is 0 Å². The first-order valence-corrected chi connectivity index (χ1v) is 17.4. The molecule has 0 aromatic heterocycles. The van der Waals surface area contributed by atoms with Gasteiger partial charge in [-0.15, -0.1) is 0 Å². The summed E-state index contributed by atoms with van der Waals surface area (Å²) < 4.78 is 0. The van der Waals surface area contributed by atoms with Crippen molar-refractivity contribution in [1.82, 2.24) is 0 Å². The summed E-state index contributed by atoms with van der Waals surface area (Å²) in [4.78, 5) is 22.2. The third-order valence-electron chi connectivity index (χ3n) is 8.07. The molecule has 2 N–H and O–H groups in total. The van der Waals surface area contributed by atoms with E-state index in [1.165, 1.54) is 109 Å². The minimum Gasteiger partial charge on any atom is -0.481 e. The van der Waals surface area contributed by atoms with Crippen molar-refractivity contribution in [3.63, 3.8) is 0 Å². The first-order valence-electron chi connectivity index (χ1n) is 17.4. The SMILES string of the molecule is CCCCCCCCCCCC(CCCC)C(=O)O.CCCCCCCCCCCCC(CCCC)C(=O)O. The van der Waals surface area contributed by atoms with E-state index in [0.29, 0.717) is 0 Å². The Kier molecular flexibility index (Phi) is 34.1. The highest BCUT2D eigenvalue weighted by atomic mass is 16.4. The number of carboxylic acid groups (broad SMARTS) is 2. The van der Waals surface area contributed by atoms with Gasteiger partial charge in [-0.2, -0.15) is 0 Å². The largest absolute Gasteiger partial charge is 0.481 e. The smallest absolute Gasteiger partial charge is 0.306 e. The predicted molar refractivity (Wildman–Crippen MR) is 170 cm³/mol. The van der Waals surface area contributed by atoms with Crippen molar-refractivity contribution in [1.29, 1.82) is 0 Å². The van der Waals surface area contributed by atoms with Crippen LogP contribution in [0.15, 0.2) is 0 Å². The summed E-state index contributed by atoms with van der Waals surface area (Å²) in [6, 6.07) is 0. The van der Waals surface area contributed by atoms with Crippen molar-refractivity contribution >= 4 is 11.9 Å². The average molecular weight is 555 g/mol. The lowest BCUT2D eigenvalue weighted by atomic mass is 9.95. The van der Waals surface area contributed by atoms with Crippen LogP contribution in [0.1, 0.15) is 201 Å². The van der Waals surface area contributed by atoms with E-state index in [0.717, 1.165) is 64.2 Å². The normalized spacial score (nSPS) is 12.5. The Balaban J connectivity index is 0. The van der Waals surface area contributed by atoms with E-state index in [1.807, 2.05) is 0 Å². The molecule has 0 saturated carbocycles. The number of hydrogen-bond acceptors (Lipinski definition) is 2. The van der Waals surface area contributed by atoms with Gasteiger partial charge in [0.05, 0.1) is 11.8 Å². The predicted octanol–water partition coefficient (Wildman–Crippen LogP) is 12.0. The molecular weight excluding hydrogens is 484 g/mol. The minimum atomic E-state index is -0.590. The van der Waals surface area contributed by atoms with E-state index in [-0.39, 0.29) is 11.8 Å². The van der Waals surface area contributed by atoms with Crippen LogP contribution >= 0.6 is 0 Å². The molecule has 0 spiro atoms. The molecule has 0 radical (unpaired) electrons. The molecule has 0 heterocycles. The highest BCUT2D eigenvalue weighted by Gasteiger charge is 2.16. The maximum atomic E-state index is 11.1. The zero-order chi connectivity index (χ0) is 29.4. The van der Waals surface area contributed by atoms with E-state index in [4.69, 9.17) is 10.2 Å². The van der Waals surface area contributed by atoms with Crippen LogP contribution in [0.4, 0.5) is 0 Å².